The van der Waals surface area contributed by atoms with E-state index in [2.05, 4.69) is 0 Å². The van der Waals surface area contributed by atoms with Crippen LogP contribution >= 0.6 is 0 Å². The molecule has 0 atom stereocenters. The standard InChI is InChI=1S/C22H21F3N2O2/c1-26(14-17-7-5-8-18(13-17)22(23,24)25)16-21(28)27(15-20-11-6-12-29-20)19-9-3-2-4-10-19/h2-13H,14-16H2,1H3. The predicted molar refractivity (Wildman–Crippen MR) is 104 cm³/mol. The molecule has 1 heterocycles. The molecule has 0 saturated carbocycles. The van der Waals surface area contributed by atoms with Crippen LogP contribution in [0.3, 0.4) is 0 Å². The highest BCUT2D eigenvalue weighted by molar-refractivity contribution is 5.94. The number of para-hydroxylation sites is 1. The summed E-state index contributed by atoms with van der Waals surface area (Å²) in [4.78, 5) is 16.2. The molecule has 152 valence electrons. The molecule has 29 heavy (non-hydrogen) atoms. The first-order valence-electron chi connectivity index (χ1n) is 9.05. The van der Waals surface area contributed by atoms with Crippen molar-refractivity contribution in [3.05, 3.63) is 89.9 Å². The summed E-state index contributed by atoms with van der Waals surface area (Å²) in [6, 6.07) is 17.9. The van der Waals surface area contributed by atoms with Crippen LogP contribution in [0.15, 0.2) is 77.4 Å². The maximum Gasteiger partial charge on any atom is 0.416 e. The Morgan fingerprint density at radius 3 is 2.38 bits per heavy atom. The number of nitrogens with zero attached hydrogens (tertiary/aromatic N) is 2. The highest BCUT2D eigenvalue weighted by atomic mass is 19.4. The van der Waals surface area contributed by atoms with E-state index in [4.69, 9.17) is 4.42 Å². The third kappa shape index (κ3) is 5.71. The first-order valence-corrected chi connectivity index (χ1v) is 9.05. The quantitative estimate of drug-likeness (QED) is 0.560. The summed E-state index contributed by atoms with van der Waals surface area (Å²) in [5, 5.41) is 0. The van der Waals surface area contributed by atoms with E-state index in [1.165, 1.54) is 6.07 Å². The van der Waals surface area contributed by atoms with Crippen molar-refractivity contribution in [2.75, 3.05) is 18.5 Å². The number of hydrogen-bond donors (Lipinski definition) is 0. The van der Waals surface area contributed by atoms with Gasteiger partial charge in [-0.2, -0.15) is 13.2 Å². The lowest BCUT2D eigenvalue weighted by atomic mass is 10.1. The summed E-state index contributed by atoms with van der Waals surface area (Å²) in [5.41, 5.74) is 0.521. The van der Waals surface area contributed by atoms with Crippen LogP contribution in [0, 0.1) is 0 Å². The van der Waals surface area contributed by atoms with E-state index in [1.54, 1.807) is 41.3 Å². The number of rotatable bonds is 7. The van der Waals surface area contributed by atoms with Gasteiger partial charge in [-0.15, -0.1) is 0 Å². The largest absolute Gasteiger partial charge is 0.467 e. The van der Waals surface area contributed by atoms with Crippen molar-refractivity contribution in [1.82, 2.24) is 4.90 Å². The Kier molecular flexibility index (Phi) is 6.39. The van der Waals surface area contributed by atoms with Crippen molar-refractivity contribution in [1.29, 1.82) is 0 Å². The van der Waals surface area contributed by atoms with Crippen LogP contribution in [0.25, 0.3) is 0 Å². The van der Waals surface area contributed by atoms with Gasteiger partial charge in [0.15, 0.2) is 0 Å². The minimum atomic E-state index is -4.39. The first kappa shape index (κ1) is 20.7. The zero-order chi connectivity index (χ0) is 20.9. The van der Waals surface area contributed by atoms with Gasteiger partial charge in [-0.25, -0.2) is 0 Å². The molecule has 3 rings (SSSR count). The highest BCUT2D eigenvalue weighted by Gasteiger charge is 2.30. The number of hydrogen-bond acceptors (Lipinski definition) is 3. The van der Waals surface area contributed by atoms with Gasteiger partial charge in [0, 0.05) is 12.2 Å². The van der Waals surface area contributed by atoms with Crippen LogP contribution in [0.4, 0.5) is 18.9 Å². The second kappa shape index (κ2) is 8.96. The van der Waals surface area contributed by atoms with Gasteiger partial charge in [0.1, 0.15) is 5.76 Å². The normalized spacial score (nSPS) is 11.6. The SMILES string of the molecule is CN(CC(=O)N(Cc1ccco1)c1ccccc1)Cc1cccc(C(F)(F)F)c1. The van der Waals surface area contributed by atoms with Gasteiger partial charge in [-0.3, -0.25) is 9.69 Å². The minimum Gasteiger partial charge on any atom is -0.467 e. The molecule has 1 aromatic heterocycles. The Bertz CT molecular complexity index is 925. The second-order valence-corrected chi connectivity index (χ2v) is 6.77. The molecule has 0 bridgehead atoms. The van der Waals surface area contributed by atoms with Gasteiger partial charge in [-0.05, 0) is 42.9 Å². The molecule has 2 aromatic carbocycles. The van der Waals surface area contributed by atoms with Crippen molar-refractivity contribution in [2.45, 2.75) is 19.3 Å². The molecule has 0 aliphatic heterocycles. The van der Waals surface area contributed by atoms with Gasteiger partial charge in [-0.1, -0.05) is 36.4 Å². The van der Waals surface area contributed by atoms with Crippen molar-refractivity contribution in [2.24, 2.45) is 0 Å². The fraction of sp³-hybridized carbons (Fsp3) is 0.227. The van der Waals surface area contributed by atoms with Gasteiger partial charge < -0.3 is 9.32 Å². The Labute approximate surface area is 167 Å². The number of alkyl halides is 3. The number of halogens is 3. The molecule has 0 unspecified atom stereocenters. The molecule has 7 heteroatoms. The molecule has 3 aromatic rings. The smallest absolute Gasteiger partial charge is 0.416 e. The van der Waals surface area contributed by atoms with Crippen LogP contribution in [0.1, 0.15) is 16.9 Å². The molecular formula is C22H21F3N2O2. The van der Waals surface area contributed by atoms with Gasteiger partial charge in [0.05, 0.1) is 24.9 Å². The van der Waals surface area contributed by atoms with Gasteiger partial charge in [0.2, 0.25) is 5.91 Å². The molecule has 0 radical (unpaired) electrons. The lowest BCUT2D eigenvalue weighted by molar-refractivity contribution is -0.137. The lowest BCUT2D eigenvalue weighted by Crippen LogP contribution is -2.38. The predicted octanol–water partition coefficient (Wildman–Crippen LogP) is 4.96. The van der Waals surface area contributed by atoms with E-state index in [-0.39, 0.29) is 25.5 Å². The minimum absolute atomic E-state index is 0.0475. The van der Waals surface area contributed by atoms with Gasteiger partial charge >= 0.3 is 6.18 Å². The number of benzene rings is 2. The van der Waals surface area contributed by atoms with Crippen LogP contribution in [0.5, 0.6) is 0 Å². The number of furan rings is 1. The summed E-state index contributed by atoms with van der Waals surface area (Å²) >= 11 is 0. The number of carbonyl (C=O) groups is 1. The van der Waals surface area contributed by atoms with Gasteiger partial charge in [0.25, 0.3) is 0 Å². The maximum absolute atomic E-state index is 13.0. The molecular weight excluding hydrogens is 381 g/mol. The zero-order valence-corrected chi connectivity index (χ0v) is 15.9. The summed E-state index contributed by atoms with van der Waals surface area (Å²) < 4.78 is 44.1. The summed E-state index contributed by atoms with van der Waals surface area (Å²) in [7, 11) is 1.70. The van der Waals surface area contributed by atoms with Crippen molar-refractivity contribution >= 4 is 11.6 Å². The number of amides is 1. The first-order chi connectivity index (χ1) is 13.8. The third-order valence-corrected chi connectivity index (χ3v) is 4.37. The molecule has 0 N–H and O–H groups in total. The van der Waals surface area contributed by atoms with Crippen molar-refractivity contribution < 1.29 is 22.4 Å². The van der Waals surface area contributed by atoms with Crippen LogP contribution in [-0.2, 0) is 24.1 Å². The van der Waals surface area contributed by atoms with Crippen LogP contribution in [-0.4, -0.2) is 24.4 Å². The van der Waals surface area contributed by atoms with Crippen molar-refractivity contribution in [3.63, 3.8) is 0 Å². The number of anilines is 1. The number of carbonyl (C=O) groups excluding carboxylic acids is 1. The molecule has 4 nitrogen and oxygen atoms in total. The van der Waals surface area contributed by atoms with E-state index in [0.717, 1.165) is 17.8 Å². The monoisotopic (exact) mass is 402 g/mol. The third-order valence-electron chi connectivity index (χ3n) is 4.37. The van der Waals surface area contributed by atoms with E-state index in [1.807, 2.05) is 30.3 Å². The van der Waals surface area contributed by atoms with Crippen molar-refractivity contribution in [3.8, 4) is 0 Å². The van der Waals surface area contributed by atoms with E-state index >= 15 is 0 Å². The summed E-state index contributed by atoms with van der Waals surface area (Å²) in [6.07, 6.45) is -2.85. The zero-order valence-electron chi connectivity index (χ0n) is 15.9. The summed E-state index contributed by atoms with van der Waals surface area (Å²) in [6.45, 7) is 0.540. The van der Waals surface area contributed by atoms with Crippen LogP contribution < -0.4 is 4.90 Å². The molecule has 0 fully saturated rings. The average molecular weight is 402 g/mol. The van der Waals surface area contributed by atoms with E-state index in [0.29, 0.717) is 11.3 Å². The second-order valence-electron chi connectivity index (χ2n) is 6.77. The lowest BCUT2D eigenvalue weighted by Gasteiger charge is -2.25. The Balaban J connectivity index is 1.70. The molecule has 0 aliphatic carbocycles. The Hall–Kier alpha value is -3.06. The Morgan fingerprint density at radius 1 is 0.966 bits per heavy atom. The molecule has 1 amide bonds. The maximum atomic E-state index is 13.0. The summed E-state index contributed by atoms with van der Waals surface area (Å²) in [5.74, 6) is 0.463. The fourth-order valence-corrected chi connectivity index (χ4v) is 3.02. The molecule has 0 aliphatic rings. The average Bonchev–Trinajstić information content (AvgIpc) is 3.19. The topological polar surface area (TPSA) is 36.7 Å². The van der Waals surface area contributed by atoms with E-state index in [9.17, 15) is 18.0 Å². The number of likely N-dealkylation sites (N-methyl/N-ethyl adjacent to an activating group) is 1. The fourth-order valence-electron chi connectivity index (χ4n) is 3.02. The highest BCUT2D eigenvalue weighted by Crippen LogP contribution is 2.29. The van der Waals surface area contributed by atoms with Crippen LogP contribution in [0.2, 0.25) is 0 Å². The molecule has 0 spiro atoms. The Morgan fingerprint density at radius 2 is 1.72 bits per heavy atom. The van der Waals surface area contributed by atoms with E-state index < -0.39 is 11.7 Å². The molecule has 0 saturated heterocycles.